The van der Waals surface area contributed by atoms with Crippen molar-refractivity contribution < 1.29 is 29.0 Å². The first kappa shape index (κ1) is 38.3. The number of urea groups is 1. The van der Waals surface area contributed by atoms with Crippen molar-refractivity contribution in [2.45, 2.75) is 70.5 Å². The van der Waals surface area contributed by atoms with Gasteiger partial charge >= 0.3 is 12.1 Å². The standard InChI is InChI=1S/C39H48N6O6/c1-27(2)36(44-38(48)45(3)25-30-17-18-35(50-4)41-24-30)37(47)42-32(20-28-12-7-5-8-13-28)22-34(46)33(21-29-14-9-6-10-15-29)43-39(49)51-26-31-16-11-19-40-23-31/h5-19,23-24,27,32-34,36,46H,20-22,25-26H2,1-4H3,(H,42,47)(H,43,49)(H,44,48)/t32-,33-,34-,36?/m0/s1. The molecule has 12 heteroatoms. The van der Waals surface area contributed by atoms with Crippen LogP contribution in [0.25, 0.3) is 0 Å². The van der Waals surface area contributed by atoms with Gasteiger partial charge in [-0.2, -0.15) is 0 Å². The van der Waals surface area contributed by atoms with E-state index in [-0.39, 0.29) is 31.4 Å². The molecule has 51 heavy (non-hydrogen) atoms. The quantitative estimate of drug-likeness (QED) is 0.124. The van der Waals surface area contributed by atoms with Gasteiger partial charge in [0.2, 0.25) is 11.8 Å². The number of nitrogens with one attached hydrogen (secondary N) is 3. The van der Waals surface area contributed by atoms with Crippen LogP contribution in [0.1, 0.15) is 42.5 Å². The summed E-state index contributed by atoms with van der Waals surface area (Å²) in [5, 5.41) is 20.5. The number of pyridine rings is 2. The van der Waals surface area contributed by atoms with E-state index < -0.39 is 36.4 Å². The highest BCUT2D eigenvalue weighted by Gasteiger charge is 2.31. The van der Waals surface area contributed by atoms with E-state index in [1.165, 1.54) is 12.0 Å². The summed E-state index contributed by atoms with van der Waals surface area (Å²) >= 11 is 0. The first-order valence-electron chi connectivity index (χ1n) is 17.0. The third kappa shape index (κ3) is 12.7. The zero-order chi connectivity index (χ0) is 36.6. The molecule has 0 aliphatic carbocycles. The average molecular weight is 697 g/mol. The number of alkyl carbamates (subject to hydrolysis) is 1. The van der Waals surface area contributed by atoms with Gasteiger partial charge in [-0.3, -0.25) is 9.78 Å². The molecular formula is C39H48N6O6. The Bertz CT molecular complexity index is 1640. The number of aliphatic hydroxyl groups is 1. The van der Waals surface area contributed by atoms with Crippen LogP contribution in [-0.2, 0) is 35.5 Å². The number of rotatable bonds is 17. The predicted octanol–water partition coefficient (Wildman–Crippen LogP) is 4.67. The number of amides is 4. The lowest BCUT2D eigenvalue weighted by molar-refractivity contribution is -0.124. The molecule has 4 atom stereocenters. The Morgan fingerprint density at radius 1 is 0.804 bits per heavy atom. The number of methoxy groups -OCH3 is 1. The van der Waals surface area contributed by atoms with Crippen LogP contribution in [0.3, 0.4) is 0 Å². The highest BCUT2D eigenvalue weighted by Crippen LogP contribution is 2.16. The van der Waals surface area contributed by atoms with Crippen LogP contribution in [0.4, 0.5) is 9.59 Å². The Hall–Kier alpha value is -5.49. The molecule has 0 spiro atoms. The molecule has 0 saturated heterocycles. The number of aliphatic hydroxyl groups excluding tert-OH is 1. The van der Waals surface area contributed by atoms with Gasteiger partial charge in [-0.25, -0.2) is 14.6 Å². The highest BCUT2D eigenvalue weighted by atomic mass is 16.5. The molecule has 0 fully saturated rings. The van der Waals surface area contributed by atoms with Crippen LogP contribution in [0.15, 0.2) is 104 Å². The second-order valence-electron chi connectivity index (χ2n) is 12.8. The fourth-order valence-electron chi connectivity index (χ4n) is 5.56. The van der Waals surface area contributed by atoms with Gasteiger partial charge in [0.25, 0.3) is 0 Å². The summed E-state index contributed by atoms with van der Waals surface area (Å²) in [6, 6.07) is 23.7. The molecular weight excluding hydrogens is 648 g/mol. The molecule has 2 aromatic carbocycles. The van der Waals surface area contributed by atoms with Crippen LogP contribution in [0.2, 0.25) is 0 Å². The van der Waals surface area contributed by atoms with E-state index in [1.54, 1.807) is 43.8 Å². The molecule has 4 aromatic rings. The normalized spacial score (nSPS) is 13.3. The highest BCUT2D eigenvalue weighted by molar-refractivity contribution is 5.87. The van der Waals surface area contributed by atoms with Gasteiger partial charge in [0.15, 0.2) is 0 Å². The first-order valence-corrected chi connectivity index (χ1v) is 17.0. The number of nitrogens with zero attached hydrogens (tertiary/aromatic N) is 3. The third-order valence-corrected chi connectivity index (χ3v) is 8.36. The van der Waals surface area contributed by atoms with Gasteiger partial charge in [0, 0.05) is 49.9 Å². The van der Waals surface area contributed by atoms with E-state index in [0.29, 0.717) is 18.7 Å². The summed E-state index contributed by atoms with van der Waals surface area (Å²) in [6.07, 6.45) is 4.00. The maximum absolute atomic E-state index is 13.9. The Kier molecular flexibility index (Phi) is 14.8. The summed E-state index contributed by atoms with van der Waals surface area (Å²) in [4.78, 5) is 49.8. The molecule has 0 bridgehead atoms. The van der Waals surface area contributed by atoms with Crippen LogP contribution in [0.5, 0.6) is 5.88 Å². The number of ether oxygens (including phenoxy) is 2. The fraction of sp³-hybridized carbons (Fsp3) is 0.359. The number of hydrogen-bond acceptors (Lipinski definition) is 8. The maximum Gasteiger partial charge on any atom is 0.407 e. The summed E-state index contributed by atoms with van der Waals surface area (Å²) in [7, 11) is 3.18. The zero-order valence-corrected chi connectivity index (χ0v) is 29.6. The van der Waals surface area contributed by atoms with Gasteiger partial charge in [-0.05, 0) is 47.9 Å². The Labute approximate surface area is 299 Å². The van der Waals surface area contributed by atoms with E-state index >= 15 is 0 Å². The molecule has 4 N–H and O–H groups in total. The number of aromatic nitrogens is 2. The molecule has 2 heterocycles. The Balaban J connectivity index is 1.47. The lowest BCUT2D eigenvalue weighted by Crippen LogP contribution is -2.55. The molecule has 2 aromatic heterocycles. The van der Waals surface area contributed by atoms with Crippen molar-refractivity contribution in [1.29, 1.82) is 0 Å². The van der Waals surface area contributed by atoms with E-state index in [9.17, 15) is 19.5 Å². The minimum atomic E-state index is -1.07. The van der Waals surface area contributed by atoms with E-state index in [4.69, 9.17) is 9.47 Å². The van der Waals surface area contributed by atoms with Crippen molar-refractivity contribution in [2.75, 3.05) is 14.2 Å². The molecule has 1 unspecified atom stereocenters. The molecule has 4 rings (SSSR count). The molecule has 0 saturated carbocycles. The number of carbonyl (C=O) groups is 3. The van der Waals surface area contributed by atoms with Crippen molar-refractivity contribution in [3.63, 3.8) is 0 Å². The molecule has 270 valence electrons. The van der Waals surface area contributed by atoms with Crippen molar-refractivity contribution in [3.8, 4) is 5.88 Å². The van der Waals surface area contributed by atoms with Crippen molar-refractivity contribution >= 4 is 18.0 Å². The predicted molar refractivity (Wildman–Crippen MR) is 194 cm³/mol. The minimum absolute atomic E-state index is 0.0228. The van der Waals surface area contributed by atoms with E-state index in [1.807, 2.05) is 80.6 Å². The Morgan fingerprint density at radius 3 is 2.06 bits per heavy atom. The summed E-state index contributed by atoms with van der Waals surface area (Å²) in [5.41, 5.74) is 3.40. The largest absolute Gasteiger partial charge is 0.481 e. The van der Waals surface area contributed by atoms with Crippen LogP contribution in [-0.4, -0.2) is 76.4 Å². The van der Waals surface area contributed by atoms with Gasteiger partial charge < -0.3 is 35.4 Å². The Morgan fingerprint density at radius 2 is 1.47 bits per heavy atom. The second-order valence-corrected chi connectivity index (χ2v) is 12.8. The van der Waals surface area contributed by atoms with Gasteiger partial charge in [0.1, 0.15) is 12.6 Å². The summed E-state index contributed by atoms with van der Waals surface area (Å²) < 4.78 is 10.6. The van der Waals surface area contributed by atoms with Gasteiger partial charge in [-0.1, -0.05) is 86.6 Å². The van der Waals surface area contributed by atoms with Crippen LogP contribution in [0, 0.1) is 5.92 Å². The second kappa shape index (κ2) is 19.6. The van der Waals surface area contributed by atoms with Crippen LogP contribution < -0.4 is 20.7 Å². The third-order valence-electron chi connectivity index (χ3n) is 8.36. The molecule has 0 aliphatic heterocycles. The molecule has 12 nitrogen and oxygen atoms in total. The van der Waals surface area contributed by atoms with Crippen molar-refractivity contribution in [1.82, 2.24) is 30.8 Å². The smallest absolute Gasteiger partial charge is 0.407 e. The maximum atomic E-state index is 13.9. The monoisotopic (exact) mass is 696 g/mol. The SMILES string of the molecule is COc1ccc(CN(C)C(=O)NC(C(=O)N[C@@H](Cc2ccccc2)C[C@H](O)[C@H](Cc2ccccc2)NC(=O)OCc2cccnc2)C(C)C)cn1. The van der Waals surface area contributed by atoms with Gasteiger partial charge in [0.05, 0.1) is 19.3 Å². The number of carbonyl (C=O) groups excluding carboxylic acids is 3. The number of hydrogen-bond donors (Lipinski definition) is 4. The first-order chi connectivity index (χ1) is 24.6. The lowest BCUT2D eigenvalue weighted by Gasteiger charge is -2.30. The summed E-state index contributed by atoms with van der Waals surface area (Å²) in [6.45, 7) is 4.01. The average Bonchev–Trinajstić information content (AvgIpc) is 3.14. The molecule has 0 aliphatic rings. The molecule has 0 radical (unpaired) electrons. The number of benzene rings is 2. The minimum Gasteiger partial charge on any atom is -0.481 e. The lowest BCUT2D eigenvalue weighted by atomic mass is 9.93. The molecule has 4 amide bonds. The van der Waals surface area contributed by atoms with Crippen molar-refractivity contribution in [3.05, 3.63) is 126 Å². The van der Waals surface area contributed by atoms with Gasteiger partial charge in [-0.15, -0.1) is 0 Å². The van der Waals surface area contributed by atoms with E-state index in [2.05, 4.69) is 25.9 Å². The van der Waals surface area contributed by atoms with E-state index in [0.717, 1.165) is 22.3 Å². The van der Waals surface area contributed by atoms with Crippen molar-refractivity contribution in [2.24, 2.45) is 5.92 Å². The summed E-state index contributed by atoms with van der Waals surface area (Å²) in [5.74, 6) is -0.149. The fourth-order valence-corrected chi connectivity index (χ4v) is 5.56. The zero-order valence-electron chi connectivity index (χ0n) is 29.6. The topological polar surface area (TPSA) is 155 Å². The van der Waals surface area contributed by atoms with Crippen LogP contribution >= 0.6 is 0 Å².